The quantitative estimate of drug-likeness (QED) is 0.396. The fraction of sp³-hybridized carbons (Fsp3) is 0.600. The van der Waals surface area contributed by atoms with E-state index in [9.17, 15) is 9.59 Å². The lowest BCUT2D eigenvalue weighted by Gasteiger charge is -2.36. The highest BCUT2D eigenvalue weighted by Gasteiger charge is 2.31. The summed E-state index contributed by atoms with van der Waals surface area (Å²) in [5, 5.41) is 4.25. The van der Waals surface area contributed by atoms with Crippen LogP contribution in [0.25, 0.3) is 0 Å². The topological polar surface area (TPSA) is 80.3 Å². The normalized spacial score (nSPS) is 19.9. The third-order valence-electron chi connectivity index (χ3n) is 4.77. The van der Waals surface area contributed by atoms with E-state index in [2.05, 4.69) is 35.6 Å². The molecule has 0 aliphatic heterocycles. The van der Waals surface area contributed by atoms with Gasteiger partial charge >= 0.3 is 12.1 Å². The molecule has 1 aromatic carbocycles. The third-order valence-corrected chi connectivity index (χ3v) is 4.77. The first-order valence-corrected chi connectivity index (χ1v) is 9.28. The van der Waals surface area contributed by atoms with Crippen LogP contribution in [0.4, 0.5) is 4.79 Å². The van der Waals surface area contributed by atoms with Crippen molar-refractivity contribution in [2.24, 2.45) is 11.3 Å². The first-order valence-electron chi connectivity index (χ1n) is 9.28. The van der Waals surface area contributed by atoms with E-state index in [-0.39, 0.29) is 17.1 Å². The molecule has 1 aliphatic carbocycles. The fourth-order valence-electron chi connectivity index (χ4n) is 3.18. The van der Waals surface area contributed by atoms with Gasteiger partial charge in [0.1, 0.15) is 11.9 Å². The van der Waals surface area contributed by atoms with Crippen LogP contribution < -0.4 is 4.74 Å². The average Bonchev–Trinajstić information content (AvgIpc) is 2.62. The average molecular weight is 380 g/mol. The molecule has 2 rings (SSSR count). The maximum atomic E-state index is 11.8. The van der Waals surface area contributed by atoms with Gasteiger partial charge in [0.05, 0.1) is 17.2 Å². The standard InChI is InChI=1S/C20H28O7/c1-5-23-16-10-6-14(7-11-16)18(21)25-27-26-19(22)24-17-12-8-15(9-13-17)20(2,3)4/h6-7,10-11,15,17H,5,8-9,12-13H2,1-4H3. The fourth-order valence-corrected chi connectivity index (χ4v) is 3.18. The predicted molar refractivity (Wildman–Crippen MR) is 96.9 cm³/mol. The van der Waals surface area contributed by atoms with Crippen LogP contribution in [0.5, 0.6) is 5.75 Å². The van der Waals surface area contributed by atoms with Gasteiger partial charge in [0.25, 0.3) is 0 Å². The SMILES string of the molecule is CCOc1ccc(C(=O)OOOC(=O)OC2CCC(C(C)(C)C)CC2)cc1. The summed E-state index contributed by atoms with van der Waals surface area (Å²) in [5.41, 5.74) is 0.486. The van der Waals surface area contributed by atoms with Gasteiger partial charge in [-0.15, -0.1) is 0 Å². The summed E-state index contributed by atoms with van der Waals surface area (Å²) in [6.07, 6.45) is 2.33. The molecule has 0 atom stereocenters. The second-order valence-corrected chi connectivity index (χ2v) is 7.69. The molecule has 0 N–H and O–H groups in total. The number of hydrogen-bond donors (Lipinski definition) is 0. The number of benzene rings is 1. The van der Waals surface area contributed by atoms with Crippen molar-refractivity contribution in [3.8, 4) is 5.75 Å². The molecule has 0 heterocycles. The zero-order chi connectivity index (χ0) is 19.9. The molecule has 1 aliphatic rings. The molecule has 0 bridgehead atoms. The Labute approximate surface area is 159 Å². The van der Waals surface area contributed by atoms with Crippen molar-refractivity contribution in [1.82, 2.24) is 0 Å². The Bertz CT molecular complexity index is 610. The van der Waals surface area contributed by atoms with Crippen LogP contribution in [0.3, 0.4) is 0 Å². The van der Waals surface area contributed by atoms with Crippen LogP contribution in [0.1, 0.15) is 63.7 Å². The Hall–Kier alpha value is -2.28. The van der Waals surface area contributed by atoms with Gasteiger partial charge in [-0.25, -0.2) is 14.5 Å². The summed E-state index contributed by atoms with van der Waals surface area (Å²) >= 11 is 0. The molecule has 0 radical (unpaired) electrons. The molecular weight excluding hydrogens is 352 g/mol. The minimum Gasteiger partial charge on any atom is -0.494 e. The molecule has 0 aromatic heterocycles. The summed E-state index contributed by atoms with van der Waals surface area (Å²) in [4.78, 5) is 32.3. The van der Waals surface area contributed by atoms with Gasteiger partial charge in [0.2, 0.25) is 0 Å². The van der Waals surface area contributed by atoms with Gasteiger partial charge in [-0.3, -0.25) is 4.89 Å². The van der Waals surface area contributed by atoms with E-state index in [1.165, 1.54) is 12.1 Å². The predicted octanol–water partition coefficient (Wildman–Crippen LogP) is 4.85. The maximum Gasteiger partial charge on any atom is 0.543 e. The number of ether oxygens (including phenoxy) is 2. The zero-order valence-corrected chi connectivity index (χ0v) is 16.4. The van der Waals surface area contributed by atoms with Gasteiger partial charge in [-0.05, 0) is 68.2 Å². The highest BCUT2D eigenvalue weighted by atomic mass is 17.5. The van der Waals surface area contributed by atoms with E-state index in [0.29, 0.717) is 18.3 Å². The largest absolute Gasteiger partial charge is 0.543 e. The minimum atomic E-state index is -1.02. The van der Waals surface area contributed by atoms with Gasteiger partial charge in [-0.1, -0.05) is 20.8 Å². The van der Waals surface area contributed by atoms with Crippen molar-refractivity contribution in [1.29, 1.82) is 0 Å². The van der Waals surface area contributed by atoms with Gasteiger partial charge in [-0.2, -0.15) is 0 Å². The van der Waals surface area contributed by atoms with Crippen LogP contribution >= 0.6 is 0 Å². The molecule has 0 spiro atoms. The highest BCUT2D eigenvalue weighted by molar-refractivity contribution is 5.89. The van der Waals surface area contributed by atoms with Crippen LogP contribution in [0.15, 0.2) is 24.3 Å². The van der Waals surface area contributed by atoms with E-state index < -0.39 is 12.1 Å². The lowest BCUT2D eigenvalue weighted by molar-refractivity contribution is -0.453. The van der Waals surface area contributed by atoms with Crippen molar-refractivity contribution in [2.75, 3.05) is 6.61 Å². The second kappa shape index (κ2) is 9.60. The second-order valence-electron chi connectivity index (χ2n) is 7.69. The number of carbonyl (C=O) groups excluding carboxylic acids is 2. The Kier molecular flexibility index (Phi) is 7.47. The molecule has 7 heteroatoms. The zero-order valence-electron chi connectivity index (χ0n) is 16.4. The van der Waals surface area contributed by atoms with Crippen LogP contribution in [-0.4, -0.2) is 24.8 Å². The Balaban J connectivity index is 1.66. The lowest BCUT2D eigenvalue weighted by Crippen LogP contribution is -2.30. The Morgan fingerprint density at radius 3 is 2.19 bits per heavy atom. The van der Waals surface area contributed by atoms with Crippen molar-refractivity contribution < 1.29 is 33.9 Å². The Morgan fingerprint density at radius 2 is 1.63 bits per heavy atom. The lowest BCUT2D eigenvalue weighted by atomic mass is 9.72. The first kappa shape index (κ1) is 21.0. The van der Waals surface area contributed by atoms with E-state index in [1.807, 2.05) is 6.92 Å². The number of hydrogen-bond acceptors (Lipinski definition) is 7. The Morgan fingerprint density at radius 1 is 1.00 bits per heavy atom. The van der Waals surface area contributed by atoms with Crippen LogP contribution in [0.2, 0.25) is 0 Å². The highest BCUT2D eigenvalue weighted by Crippen LogP contribution is 2.38. The monoisotopic (exact) mass is 380 g/mol. The van der Waals surface area contributed by atoms with E-state index in [0.717, 1.165) is 25.7 Å². The molecule has 27 heavy (non-hydrogen) atoms. The third kappa shape index (κ3) is 6.75. The van der Waals surface area contributed by atoms with Crippen molar-refractivity contribution in [3.05, 3.63) is 29.8 Å². The smallest absolute Gasteiger partial charge is 0.494 e. The molecular formula is C20H28O7. The number of carbonyl (C=O) groups is 2. The molecule has 150 valence electrons. The number of rotatable bonds is 6. The summed E-state index contributed by atoms with van der Waals surface area (Å²) < 4.78 is 10.5. The van der Waals surface area contributed by atoms with Gasteiger partial charge in [0.15, 0.2) is 0 Å². The van der Waals surface area contributed by atoms with E-state index in [4.69, 9.17) is 9.47 Å². The molecule has 1 saturated carbocycles. The summed E-state index contributed by atoms with van der Waals surface area (Å²) in [6, 6.07) is 6.29. The molecule has 1 aromatic rings. The summed E-state index contributed by atoms with van der Waals surface area (Å²) in [6.45, 7) is 9.06. The van der Waals surface area contributed by atoms with E-state index in [1.54, 1.807) is 12.1 Å². The van der Waals surface area contributed by atoms with Gasteiger partial charge < -0.3 is 9.47 Å². The van der Waals surface area contributed by atoms with Crippen LogP contribution in [0, 0.1) is 11.3 Å². The maximum absolute atomic E-state index is 11.8. The minimum absolute atomic E-state index is 0.207. The molecule has 0 saturated heterocycles. The summed E-state index contributed by atoms with van der Waals surface area (Å²) in [5.74, 6) is 0.451. The van der Waals surface area contributed by atoms with Crippen molar-refractivity contribution >= 4 is 12.1 Å². The molecule has 1 fully saturated rings. The van der Waals surface area contributed by atoms with Crippen molar-refractivity contribution in [3.63, 3.8) is 0 Å². The molecule has 7 nitrogen and oxygen atoms in total. The molecule has 0 unspecified atom stereocenters. The molecule has 0 amide bonds. The van der Waals surface area contributed by atoms with Crippen molar-refractivity contribution in [2.45, 2.75) is 59.5 Å². The van der Waals surface area contributed by atoms with E-state index >= 15 is 0 Å². The summed E-state index contributed by atoms with van der Waals surface area (Å²) in [7, 11) is 0. The first-order chi connectivity index (χ1) is 12.8. The van der Waals surface area contributed by atoms with Crippen LogP contribution in [-0.2, 0) is 19.6 Å². The van der Waals surface area contributed by atoms with Gasteiger partial charge in [0, 0.05) is 0 Å².